The van der Waals surface area contributed by atoms with Gasteiger partial charge in [0.1, 0.15) is 6.67 Å². The first-order valence-corrected chi connectivity index (χ1v) is 3.11. The van der Waals surface area contributed by atoms with Gasteiger partial charge < -0.3 is 10.5 Å². The highest BCUT2D eigenvalue weighted by atomic mass is 19.1. The SMILES string of the molecule is COC/C=C/C(N)(C#N)CF. The number of nitrogens with two attached hydrogens (primary N) is 1. The molecule has 0 heterocycles. The van der Waals surface area contributed by atoms with Gasteiger partial charge in [-0.05, 0) is 6.08 Å². The molecule has 0 rings (SSSR count). The van der Waals surface area contributed by atoms with Crippen molar-refractivity contribution in [3.8, 4) is 6.07 Å². The molecule has 0 aromatic carbocycles. The van der Waals surface area contributed by atoms with Crippen molar-refractivity contribution in [1.82, 2.24) is 0 Å². The number of ether oxygens (including phenoxy) is 1. The Balaban J connectivity index is 3.99. The van der Waals surface area contributed by atoms with Gasteiger partial charge in [-0.2, -0.15) is 5.26 Å². The van der Waals surface area contributed by atoms with Crippen molar-refractivity contribution in [2.45, 2.75) is 5.54 Å². The third kappa shape index (κ3) is 3.71. The minimum atomic E-state index is -1.49. The van der Waals surface area contributed by atoms with Crippen LogP contribution in [0.4, 0.5) is 4.39 Å². The fourth-order valence-corrected chi connectivity index (χ4v) is 0.466. The lowest BCUT2D eigenvalue weighted by atomic mass is 10.1. The summed E-state index contributed by atoms with van der Waals surface area (Å²) >= 11 is 0. The molecule has 0 aliphatic rings. The molecule has 3 nitrogen and oxygen atoms in total. The third-order valence-corrected chi connectivity index (χ3v) is 1.11. The van der Waals surface area contributed by atoms with E-state index in [1.165, 1.54) is 19.3 Å². The van der Waals surface area contributed by atoms with E-state index in [1.54, 1.807) is 6.07 Å². The first-order valence-electron chi connectivity index (χ1n) is 3.11. The Morgan fingerprint density at radius 2 is 2.45 bits per heavy atom. The molecular formula is C7H11FN2O. The molecule has 0 aliphatic carbocycles. The highest BCUT2D eigenvalue weighted by Crippen LogP contribution is 2.01. The quantitative estimate of drug-likeness (QED) is 0.602. The van der Waals surface area contributed by atoms with Crippen LogP contribution in [0, 0.1) is 11.3 Å². The van der Waals surface area contributed by atoms with Crippen LogP contribution >= 0.6 is 0 Å². The van der Waals surface area contributed by atoms with Crippen LogP contribution in [0.25, 0.3) is 0 Å². The second-order valence-electron chi connectivity index (χ2n) is 2.14. The van der Waals surface area contributed by atoms with Crippen LogP contribution in [0.2, 0.25) is 0 Å². The molecule has 0 saturated carbocycles. The van der Waals surface area contributed by atoms with E-state index in [9.17, 15) is 4.39 Å². The molecule has 0 bridgehead atoms. The van der Waals surface area contributed by atoms with Crippen molar-refractivity contribution in [1.29, 1.82) is 5.26 Å². The summed E-state index contributed by atoms with van der Waals surface area (Å²) in [6.45, 7) is -0.551. The summed E-state index contributed by atoms with van der Waals surface area (Å²) in [5.41, 5.74) is 3.77. The Morgan fingerprint density at radius 3 is 2.82 bits per heavy atom. The van der Waals surface area contributed by atoms with Crippen molar-refractivity contribution >= 4 is 0 Å². The molecule has 11 heavy (non-hydrogen) atoms. The lowest BCUT2D eigenvalue weighted by Gasteiger charge is -2.10. The predicted octanol–water partition coefficient (Wildman–Crippen LogP) is 0.380. The van der Waals surface area contributed by atoms with Gasteiger partial charge in [0.25, 0.3) is 0 Å². The first kappa shape index (κ1) is 10.1. The van der Waals surface area contributed by atoms with Gasteiger partial charge in [-0.3, -0.25) is 0 Å². The summed E-state index contributed by atoms with van der Waals surface area (Å²) in [4.78, 5) is 0. The van der Waals surface area contributed by atoms with E-state index in [-0.39, 0.29) is 0 Å². The van der Waals surface area contributed by atoms with Crippen molar-refractivity contribution in [2.75, 3.05) is 20.4 Å². The highest BCUT2D eigenvalue weighted by Gasteiger charge is 2.19. The van der Waals surface area contributed by atoms with Crippen LogP contribution in [-0.2, 0) is 4.74 Å². The minimum absolute atomic E-state index is 0.334. The Bertz CT molecular complexity index is 176. The molecule has 0 amide bonds. The molecule has 0 fully saturated rings. The van der Waals surface area contributed by atoms with Crippen LogP contribution in [0.3, 0.4) is 0 Å². The van der Waals surface area contributed by atoms with E-state index in [4.69, 9.17) is 11.0 Å². The van der Waals surface area contributed by atoms with E-state index in [0.29, 0.717) is 6.61 Å². The van der Waals surface area contributed by atoms with Crippen molar-refractivity contribution in [3.63, 3.8) is 0 Å². The zero-order valence-corrected chi connectivity index (χ0v) is 6.38. The molecule has 0 aromatic rings. The molecule has 62 valence electrons. The zero-order valence-electron chi connectivity index (χ0n) is 6.38. The number of alkyl halides is 1. The van der Waals surface area contributed by atoms with Gasteiger partial charge in [0, 0.05) is 7.11 Å². The Morgan fingerprint density at radius 1 is 1.82 bits per heavy atom. The van der Waals surface area contributed by atoms with Gasteiger partial charge in [-0.1, -0.05) is 6.08 Å². The van der Waals surface area contributed by atoms with E-state index in [1.807, 2.05) is 0 Å². The maximum Gasteiger partial charge on any atom is 0.151 e. The lowest BCUT2D eigenvalue weighted by Crippen LogP contribution is -2.38. The van der Waals surface area contributed by atoms with Gasteiger partial charge >= 0.3 is 0 Å². The smallest absolute Gasteiger partial charge is 0.151 e. The average molecular weight is 158 g/mol. The Kier molecular flexibility index (Phi) is 4.42. The molecular weight excluding hydrogens is 147 g/mol. The molecule has 0 spiro atoms. The van der Waals surface area contributed by atoms with Crippen LogP contribution < -0.4 is 5.73 Å². The second kappa shape index (κ2) is 4.83. The number of rotatable bonds is 4. The topological polar surface area (TPSA) is 59.0 Å². The second-order valence-corrected chi connectivity index (χ2v) is 2.14. The summed E-state index contributed by atoms with van der Waals surface area (Å²) in [6, 6.07) is 1.65. The van der Waals surface area contributed by atoms with Gasteiger partial charge in [0.05, 0.1) is 12.7 Å². The lowest BCUT2D eigenvalue weighted by molar-refractivity contribution is 0.233. The van der Waals surface area contributed by atoms with Crippen LogP contribution in [-0.4, -0.2) is 25.9 Å². The monoisotopic (exact) mass is 158 g/mol. The molecule has 1 unspecified atom stereocenters. The van der Waals surface area contributed by atoms with Crippen molar-refractivity contribution in [3.05, 3.63) is 12.2 Å². The maximum absolute atomic E-state index is 12.0. The summed E-state index contributed by atoms with van der Waals surface area (Å²) in [7, 11) is 1.50. The third-order valence-electron chi connectivity index (χ3n) is 1.11. The number of nitrogens with zero attached hydrogens (tertiary/aromatic N) is 1. The fraction of sp³-hybridized carbons (Fsp3) is 0.571. The summed E-state index contributed by atoms with van der Waals surface area (Å²) < 4.78 is 16.7. The van der Waals surface area contributed by atoms with E-state index >= 15 is 0 Å². The van der Waals surface area contributed by atoms with Crippen LogP contribution in [0.5, 0.6) is 0 Å². The van der Waals surface area contributed by atoms with Crippen molar-refractivity contribution < 1.29 is 9.13 Å². The largest absolute Gasteiger partial charge is 0.381 e. The molecule has 4 heteroatoms. The maximum atomic E-state index is 12.0. The van der Waals surface area contributed by atoms with Crippen molar-refractivity contribution in [2.24, 2.45) is 5.73 Å². The average Bonchev–Trinajstić information content (AvgIpc) is 2.05. The van der Waals surface area contributed by atoms with Crippen LogP contribution in [0.15, 0.2) is 12.2 Å². The van der Waals surface area contributed by atoms with Gasteiger partial charge in [-0.15, -0.1) is 0 Å². The number of hydrogen-bond donors (Lipinski definition) is 1. The molecule has 0 aromatic heterocycles. The number of nitriles is 1. The molecule has 2 N–H and O–H groups in total. The molecule has 0 radical (unpaired) electrons. The van der Waals surface area contributed by atoms with E-state index in [0.717, 1.165) is 0 Å². The van der Waals surface area contributed by atoms with E-state index < -0.39 is 12.2 Å². The molecule has 0 aliphatic heterocycles. The highest BCUT2D eigenvalue weighted by molar-refractivity contribution is 5.18. The van der Waals surface area contributed by atoms with Gasteiger partial charge in [-0.25, -0.2) is 4.39 Å². The molecule has 1 atom stereocenters. The van der Waals surface area contributed by atoms with Gasteiger partial charge in [0.15, 0.2) is 5.54 Å². The zero-order chi connectivity index (χ0) is 8.74. The normalized spacial score (nSPS) is 16.2. The molecule has 0 saturated heterocycles. The summed E-state index contributed by atoms with van der Waals surface area (Å²) in [5, 5.41) is 8.38. The number of halogens is 1. The predicted molar refractivity (Wildman–Crippen MR) is 39.5 cm³/mol. The standard InChI is InChI=1S/C7H11FN2O/c1-11-4-2-3-7(10,5-8)6-9/h2-3H,4-5,10H2,1H3/b3-2+. The number of methoxy groups -OCH3 is 1. The number of hydrogen-bond acceptors (Lipinski definition) is 3. The Labute approximate surface area is 65.3 Å². The minimum Gasteiger partial charge on any atom is -0.381 e. The Hall–Kier alpha value is -0.920. The summed E-state index contributed by atoms with van der Waals surface area (Å²) in [6.07, 6.45) is 2.82. The fourth-order valence-electron chi connectivity index (χ4n) is 0.466. The van der Waals surface area contributed by atoms with Crippen LogP contribution in [0.1, 0.15) is 0 Å². The van der Waals surface area contributed by atoms with Gasteiger partial charge in [0.2, 0.25) is 0 Å². The summed E-state index contributed by atoms with van der Waals surface area (Å²) in [5.74, 6) is 0. The van der Waals surface area contributed by atoms with E-state index in [2.05, 4.69) is 4.74 Å². The first-order chi connectivity index (χ1) is 5.18.